The first-order valence-corrected chi connectivity index (χ1v) is 8.59. The van der Waals surface area contributed by atoms with E-state index in [0.717, 1.165) is 5.56 Å². The fraction of sp³-hybridized carbons (Fsp3) is 0.150. The SMILES string of the molecule is COC(=O)CN1C(=S)N(c2ccccc2)C(=O)/C1=C/c1ccc(OC)cc1. The van der Waals surface area contributed by atoms with E-state index in [1.165, 1.54) is 16.9 Å². The molecule has 2 aromatic carbocycles. The lowest BCUT2D eigenvalue weighted by atomic mass is 10.1. The lowest BCUT2D eigenvalue weighted by molar-refractivity contribution is -0.140. The van der Waals surface area contributed by atoms with Crippen LogP contribution in [0.15, 0.2) is 60.3 Å². The summed E-state index contributed by atoms with van der Waals surface area (Å²) in [5, 5.41) is 0.233. The van der Waals surface area contributed by atoms with Gasteiger partial charge in [0.1, 0.15) is 18.0 Å². The summed E-state index contributed by atoms with van der Waals surface area (Å²) in [5.41, 5.74) is 1.73. The van der Waals surface area contributed by atoms with E-state index in [9.17, 15) is 9.59 Å². The normalized spacial score (nSPS) is 15.4. The van der Waals surface area contributed by atoms with E-state index >= 15 is 0 Å². The fourth-order valence-electron chi connectivity index (χ4n) is 2.69. The first kappa shape index (κ1) is 18.6. The van der Waals surface area contributed by atoms with E-state index in [0.29, 0.717) is 17.1 Å². The topological polar surface area (TPSA) is 59.1 Å². The van der Waals surface area contributed by atoms with Crippen molar-refractivity contribution in [1.29, 1.82) is 0 Å². The number of nitrogens with zero attached hydrogens (tertiary/aromatic N) is 2. The average molecular weight is 382 g/mol. The summed E-state index contributed by atoms with van der Waals surface area (Å²) in [5.74, 6) is -0.0747. The molecule has 1 amide bonds. The molecule has 0 bridgehead atoms. The van der Waals surface area contributed by atoms with Crippen LogP contribution in [0.5, 0.6) is 5.75 Å². The average Bonchev–Trinajstić information content (AvgIpc) is 2.93. The van der Waals surface area contributed by atoms with Crippen LogP contribution in [0.25, 0.3) is 6.08 Å². The van der Waals surface area contributed by atoms with Crippen molar-refractivity contribution in [2.24, 2.45) is 0 Å². The molecule has 1 saturated heterocycles. The molecule has 6 nitrogen and oxygen atoms in total. The zero-order chi connectivity index (χ0) is 19.4. The maximum Gasteiger partial charge on any atom is 0.325 e. The highest BCUT2D eigenvalue weighted by Crippen LogP contribution is 2.29. The number of ether oxygens (including phenoxy) is 2. The number of methoxy groups -OCH3 is 2. The minimum Gasteiger partial charge on any atom is -0.497 e. The van der Waals surface area contributed by atoms with Crippen LogP contribution < -0.4 is 9.64 Å². The molecule has 7 heteroatoms. The first-order valence-electron chi connectivity index (χ1n) is 8.18. The third-order valence-corrected chi connectivity index (χ3v) is 4.49. The van der Waals surface area contributed by atoms with Crippen molar-refractivity contribution in [2.75, 3.05) is 25.7 Å². The summed E-state index contributed by atoms with van der Waals surface area (Å²) in [6.07, 6.45) is 1.69. The third-order valence-electron chi connectivity index (χ3n) is 4.08. The highest BCUT2D eigenvalue weighted by molar-refractivity contribution is 7.80. The van der Waals surface area contributed by atoms with E-state index < -0.39 is 5.97 Å². The Bertz CT molecular complexity index is 894. The van der Waals surface area contributed by atoms with Crippen molar-refractivity contribution in [2.45, 2.75) is 0 Å². The maximum atomic E-state index is 13.1. The van der Waals surface area contributed by atoms with Gasteiger partial charge in [-0.25, -0.2) is 0 Å². The third kappa shape index (κ3) is 3.83. The molecule has 0 saturated carbocycles. The summed E-state index contributed by atoms with van der Waals surface area (Å²) < 4.78 is 9.90. The summed E-state index contributed by atoms with van der Waals surface area (Å²) in [6.45, 7) is -0.146. The lowest BCUT2D eigenvalue weighted by Crippen LogP contribution is -2.35. The molecule has 27 heavy (non-hydrogen) atoms. The molecule has 3 rings (SSSR count). The highest BCUT2D eigenvalue weighted by atomic mass is 32.1. The number of rotatable bonds is 5. The number of anilines is 1. The molecule has 0 N–H and O–H groups in total. The lowest BCUT2D eigenvalue weighted by Gasteiger charge is -2.19. The van der Waals surface area contributed by atoms with Gasteiger partial charge in [-0.15, -0.1) is 0 Å². The van der Waals surface area contributed by atoms with Gasteiger partial charge in [-0.3, -0.25) is 14.5 Å². The molecule has 0 spiro atoms. The predicted molar refractivity (Wildman–Crippen MR) is 106 cm³/mol. The first-order chi connectivity index (χ1) is 13.0. The van der Waals surface area contributed by atoms with Gasteiger partial charge in [0.05, 0.1) is 19.9 Å². The fourth-order valence-corrected chi connectivity index (χ4v) is 3.04. The van der Waals surface area contributed by atoms with Crippen LogP contribution in [-0.2, 0) is 14.3 Å². The van der Waals surface area contributed by atoms with Crippen LogP contribution in [0.2, 0.25) is 0 Å². The quantitative estimate of drug-likeness (QED) is 0.450. The van der Waals surface area contributed by atoms with E-state index in [2.05, 4.69) is 0 Å². The van der Waals surface area contributed by atoms with E-state index in [1.54, 1.807) is 37.5 Å². The van der Waals surface area contributed by atoms with Crippen LogP contribution in [-0.4, -0.2) is 42.7 Å². The number of para-hydroxylation sites is 1. The monoisotopic (exact) mass is 382 g/mol. The van der Waals surface area contributed by atoms with Crippen molar-refractivity contribution in [1.82, 2.24) is 4.90 Å². The molecule has 1 aliphatic heterocycles. The summed E-state index contributed by atoms with van der Waals surface area (Å²) in [4.78, 5) is 27.8. The van der Waals surface area contributed by atoms with E-state index in [4.69, 9.17) is 21.7 Å². The van der Waals surface area contributed by atoms with E-state index in [1.807, 2.05) is 30.3 Å². The van der Waals surface area contributed by atoms with Crippen LogP contribution in [0.3, 0.4) is 0 Å². The molecule has 0 unspecified atom stereocenters. The van der Waals surface area contributed by atoms with Crippen molar-refractivity contribution in [3.05, 3.63) is 65.9 Å². The number of hydrogen-bond donors (Lipinski definition) is 0. The van der Waals surface area contributed by atoms with Gasteiger partial charge >= 0.3 is 5.97 Å². The van der Waals surface area contributed by atoms with Gasteiger partial charge in [-0.05, 0) is 48.1 Å². The van der Waals surface area contributed by atoms with Crippen LogP contribution in [0, 0.1) is 0 Å². The minimum atomic E-state index is -0.485. The van der Waals surface area contributed by atoms with Crippen LogP contribution in [0.1, 0.15) is 5.56 Å². The molecule has 0 atom stereocenters. The van der Waals surface area contributed by atoms with Gasteiger partial charge in [0.25, 0.3) is 5.91 Å². The molecule has 0 radical (unpaired) electrons. The van der Waals surface area contributed by atoms with Crippen molar-refractivity contribution >= 4 is 41.0 Å². The van der Waals surface area contributed by atoms with Gasteiger partial charge in [0.15, 0.2) is 5.11 Å². The Labute approximate surface area is 162 Å². The second-order valence-electron chi connectivity index (χ2n) is 5.72. The second-order valence-corrected chi connectivity index (χ2v) is 6.09. The number of thiocarbonyl (C=S) groups is 1. The molecule has 1 fully saturated rings. The molecule has 1 aliphatic rings. The van der Waals surface area contributed by atoms with Gasteiger partial charge in [0.2, 0.25) is 0 Å². The number of amides is 1. The Balaban J connectivity index is 2.01. The Hall–Kier alpha value is -3.19. The van der Waals surface area contributed by atoms with Crippen molar-refractivity contribution < 1.29 is 19.1 Å². The maximum absolute atomic E-state index is 13.1. The number of esters is 1. The smallest absolute Gasteiger partial charge is 0.325 e. The van der Waals surface area contributed by atoms with Gasteiger partial charge in [-0.1, -0.05) is 30.3 Å². The zero-order valence-corrected chi connectivity index (χ0v) is 15.7. The standard InChI is InChI=1S/C20H18N2O4S/c1-25-16-10-8-14(9-11-16)12-17-19(24)22(15-6-4-3-5-7-15)20(27)21(17)13-18(23)26-2/h3-12H,13H2,1-2H3/b17-12-. The molecular weight excluding hydrogens is 364 g/mol. The minimum absolute atomic E-state index is 0.146. The molecule has 2 aromatic rings. The highest BCUT2D eigenvalue weighted by Gasteiger charge is 2.39. The number of carbonyl (C=O) groups excluding carboxylic acids is 2. The molecule has 138 valence electrons. The van der Waals surface area contributed by atoms with Gasteiger partial charge < -0.3 is 14.4 Å². The Morgan fingerprint density at radius 1 is 1.07 bits per heavy atom. The van der Waals surface area contributed by atoms with Gasteiger partial charge in [-0.2, -0.15) is 0 Å². The number of carbonyl (C=O) groups is 2. The zero-order valence-electron chi connectivity index (χ0n) is 14.9. The van der Waals surface area contributed by atoms with Crippen molar-refractivity contribution in [3.8, 4) is 5.75 Å². The summed E-state index contributed by atoms with van der Waals surface area (Å²) in [6, 6.07) is 16.3. The molecule has 1 heterocycles. The summed E-state index contributed by atoms with van der Waals surface area (Å²) >= 11 is 5.48. The van der Waals surface area contributed by atoms with Crippen molar-refractivity contribution in [3.63, 3.8) is 0 Å². The largest absolute Gasteiger partial charge is 0.497 e. The van der Waals surface area contributed by atoms with Crippen LogP contribution >= 0.6 is 12.2 Å². The Morgan fingerprint density at radius 3 is 2.33 bits per heavy atom. The van der Waals surface area contributed by atoms with Gasteiger partial charge in [0, 0.05) is 0 Å². The number of hydrogen-bond acceptors (Lipinski definition) is 5. The molecule has 0 aliphatic carbocycles. The Kier molecular flexibility index (Phi) is 5.52. The molecular formula is C20H18N2O4S. The van der Waals surface area contributed by atoms with Crippen LogP contribution in [0.4, 0.5) is 5.69 Å². The number of benzene rings is 2. The second kappa shape index (κ2) is 8.01. The predicted octanol–water partition coefficient (Wildman–Crippen LogP) is 2.84. The van der Waals surface area contributed by atoms with E-state index in [-0.39, 0.29) is 17.6 Å². The molecule has 0 aromatic heterocycles. The summed E-state index contributed by atoms with van der Waals surface area (Å²) in [7, 11) is 2.88. The Morgan fingerprint density at radius 2 is 1.74 bits per heavy atom.